The molecule has 0 saturated heterocycles. The minimum absolute atomic E-state index is 0.00108. The van der Waals surface area contributed by atoms with E-state index in [2.05, 4.69) is 5.32 Å². The van der Waals surface area contributed by atoms with Crippen LogP contribution in [-0.4, -0.2) is 31.9 Å². The molecule has 0 unspecified atom stereocenters. The molecule has 1 aromatic rings. The van der Waals surface area contributed by atoms with Gasteiger partial charge in [-0.05, 0) is 44.5 Å². The van der Waals surface area contributed by atoms with Gasteiger partial charge in [-0.2, -0.15) is 0 Å². The first kappa shape index (κ1) is 15.6. The first-order valence-electron chi connectivity index (χ1n) is 5.78. The molecule has 1 aromatic carbocycles. The molecule has 0 fully saturated rings. The zero-order valence-corrected chi connectivity index (χ0v) is 12.3. The van der Waals surface area contributed by atoms with Gasteiger partial charge in [0.25, 0.3) is 5.91 Å². The van der Waals surface area contributed by atoms with Crippen LogP contribution in [0.2, 0.25) is 0 Å². The molecule has 1 N–H and O–H groups in total. The van der Waals surface area contributed by atoms with Gasteiger partial charge in [-0.3, -0.25) is 4.79 Å². The second-order valence-electron chi connectivity index (χ2n) is 5.18. The number of nitrogens with one attached hydrogen (secondary N) is 1. The van der Waals surface area contributed by atoms with E-state index >= 15 is 0 Å². The largest absolute Gasteiger partial charge is 0.350 e. The summed E-state index contributed by atoms with van der Waals surface area (Å²) in [5, 5.41) is 2.55. The van der Waals surface area contributed by atoms with Crippen molar-refractivity contribution in [1.82, 2.24) is 5.32 Å². The minimum atomic E-state index is -3.27. The molecule has 6 heteroatoms. The van der Waals surface area contributed by atoms with Crippen molar-refractivity contribution in [3.8, 4) is 0 Å². The zero-order valence-electron chi connectivity index (χ0n) is 11.5. The third-order valence-corrected chi connectivity index (χ3v) is 5.25. The van der Waals surface area contributed by atoms with Gasteiger partial charge >= 0.3 is 0 Å². The van der Waals surface area contributed by atoms with Crippen LogP contribution in [0.4, 0.5) is 4.39 Å². The fraction of sp³-hybridized carbons (Fsp3) is 0.462. The van der Waals surface area contributed by atoms with Crippen molar-refractivity contribution in [3.05, 3.63) is 35.1 Å². The smallest absolute Gasteiger partial charge is 0.251 e. The number of rotatable bonds is 4. The van der Waals surface area contributed by atoms with Gasteiger partial charge in [-0.1, -0.05) is 0 Å². The molecule has 0 aliphatic rings. The van der Waals surface area contributed by atoms with E-state index in [-0.39, 0.29) is 12.4 Å². The monoisotopic (exact) mass is 287 g/mol. The lowest BCUT2D eigenvalue weighted by molar-refractivity contribution is 0.0950. The number of carbonyl (C=O) groups excluding carboxylic acids is 1. The van der Waals surface area contributed by atoms with Gasteiger partial charge in [0.05, 0.1) is 4.75 Å². The molecule has 0 aliphatic heterocycles. The fourth-order valence-electron chi connectivity index (χ4n) is 1.31. The third kappa shape index (κ3) is 3.76. The van der Waals surface area contributed by atoms with Crippen LogP contribution in [-0.2, 0) is 9.84 Å². The molecule has 0 bridgehead atoms. The second kappa shape index (κ2) is 5.28. The Labute approximate surface area is 112 Å². The van der Waals surface area contributed by atoms with E-state index in [0.717, 1.165) is 6.26 Å². The molecule has 4 nitrogen and oxygen atoms in total. The summed E-state index contributed by atoms with van der Waals surface area (Å²) < 4.78 is 35.0. The highest BCUT2D eigenvalue weighted by Gasteiger charge is 2.30. The molecule has 1 rings (SSSR count). The lowest BCUT2D eigenvalue weighted by atomic mass is 10.1. The number of aryl methyl sites for hydroxylation is 1. The Kier molecular flexibility index (Phi) is 4.35. The van der Waals surface area contributed by atoms with Crippen LogP contribution in [0.15, 0.2) is 18.2 Å². The third-order valence-electron chi connectivity index (χ3n) is 3.10. The van der Waals surface area contributed by atoms with E-state index in [9.17, 15) is 17.6 Å². The molecule has 0 heterocycles. The lowest BCUT2D eigenvalue weighted by Crippen LogP contribution is -2.43. The Balaban J connectivity index is 2.79. The van der Waals surface area contributed by atoms with Gasteiger partial charge in [0, 0.05) is 18.4 Å². The van der Waals surface area contributed by atoms with Crippen LogP contribution in [0.1, 0.15) is 29.8 Å². The van der Waals surface area contributed by atoms with Crippen molar-refractivity contribution in [2.75, 3.05) is 12.8 Å². The molecule has 0 saturated carbocycles. The maximum atomic E-state index is 13.1. The SMILES string of the molecule is Cc1cc(C(=O)NCC(C)(C)S(C)(=O)=O)ccc1F. The topological polar surface area (TPSA) is 63.2 Å². The second-order valence-corrected chi connectivity index (χ2v) is 7.83. The molecule has 0 atom stereocenters. The van der Waals surface area contributed by atoms with Crippen molar-refractivity contribution < 1.29 is 17.6 Å². The standard InChI is InChI=1S/C13H18FNO3S/c1-9-7-10(5-6-11(9)14)12(16)15-8-13(2,3)19(4,17)18/h5-7H,8H2,1-4H3,(H,15,16). The van der Waals surface area contributed by atoms with Crippen molar-refractivity contribution in [2.45, 2.75) is 25.5 Å². The molecule has 0 spiro atoms. The van der Waals surface area contributed by atoms with Crippen molar-refractivity contribution in [3.63, 3.8) is 0 Å². The van der Waals surface area contributed by atoms with Crippen molar-refractivity contribution in [1.29, 1.82) is 0 Å². The number of sulfone groups is 1. The highest BCUT2D eigenvalue weighted by molar-refractivity contribution is 7.92. The highest BCUT2D eigenvalue weighted by atomic mass is 32.2. The quantitative estimate of drug-likeness (QED) is 0.916. The van der Waals surface area contributed by atoms with E-state index < -0.39 is 20.5 Å². The zero-order chi connectivity index (χ0) is 14.8. The van der Waals surface area contributed by atoms with Crippen molar-refractivity contribution >= 4 is 15.7 Å². The summed E-state index contributed by atoms with van der Waals surface area (Å²) in [4.78, 5) is 11.9. The van der Waals surface area contributed by atoms with Crippen LogP contribution in [0, 0.1) is 12.7 Å². The van der Waals surface area contributed by atoms with Crippen LogP contribution >= 0.6 is 0 Å². The highest BCUT2D eigenvalue weighted by Crippen LogP contribution is 2.14. The molecule has 0 aliphatic carbocycles. The summed E-state index contributed by atoms with van der Waals surface area (Å²) in [6, 6.07) is 4.01. The van der Waals surface area contributed by atoms with E-state index in [1.54, 1.807) is 20.8 Å². The number of benzene rings is 1. The molecule has 19 heavy (non-hydrogen) atoms. The Morgan fingerprint density at radius 3 is 2.42 bits per heavy atom. The number of carbonyl (C=O) groups is 1. The number of hydrogen-bond donors (Lipinski definition) is 1. The molecule has 106 valence electrons. The van der Waals surface area contributed by atoms with Gasteiger partial charge in [-0.15, -0.1) is 0 Å². The first-order valence-corrected chi connectivity index (χ1v) is 7.68. The Morgan fingerprint density at radius 1 is 1.37 bits per heavy atom. The minimum Gasteiger partial charge on any atom is -0.350 e. The molecule has 1 amide bonds. The van der Waals surface area contributed by atoms with Crippen LogP contribution < -0.4 is 5.32 Å². The summed E-state index contributed by atoms with van der Waals surface area (Å²) in [6.07, 6.45) is 1.13. The Hall–Kier alpha value is -1.43. The predicted molar refractivity (Wildman–Crippen MR) is 72.4 cm³/mol. The van der Waals surface area contributed by atoms with Crippen LogP contribution in [0.3, 0.4) is 0 Å². The maximum absolute atomic E-state index is 13.1. The van der Waals surface area contributed by atoms with E-state index in [1.807, 2.05) is 0 Å². The Bertz CT molecular complexity index is 594. The summed E-state index contributed by atoms with van der Waals surface area (Å²) >= 11 is 0. The Morgan fingerprint density at radius 2 is 1.95 bits per heavy atom. The average molecular weight is 287 g/mol. The predicted octanol–water partition coefficient (Wildman–Crippen LogP) is 1.69. The number of amides is 1. The normalized spacial score (nSPS) is 12.3. The summed E-state index contributed by atoms with van der Waals surface area (Å²) in [5.74, 6) is -0.798. The van der Waals surface area contributed by atoms with Gasteiger partial charge in [0.1, 0.15) is 5.82 Å². The molecular weight excluding hydrogens is 269 g/mol. The van der Waals surface area contributed by atoms with Crippen LogP contribution in [0.5, 0.6) is 0 Å². The molecule has 0 aromatic heterocycles. The summed E-state index contributed by atoms with van der Waals surface area (Å²) in [5.41, 5.74) is 0.679. The van der Waals surface area contributed by atoms with E-state index in [4.69, 9.17) is 0 Å². The molecular formula is C13H18FNO3S. The number of halogens is 1. The van der Waals surface area contributed by atoms with E-state index in [1.165, 1.54) is 18.2 Å². The van der Waals surface area contributed by atoms with Crippen molar-refractivity contribution in [2.24, 2.45) is 0 Å². The lowest BCUT2D eigenvalue weighted by Gasteiger charge is -2.22. The average Bonchev–Trinajstić information content (AvgIpc) is 2.28. The summed E-state index contributed by atoms with van der Waals surface area (Å²) in [7, 11) is -3.27. The van der Waals surface area contributed by atoms with E-state index in [0.29, 0.717) is 11.1 Å². The molecule has 0 radical (unpaired) electrons. The fourth-order valence-corrected chi connectivity index (χ4v) is 1.65. The first-order chi connectivity index (χ1) is 8.54. The van der Waals surface area contributed by atoms with Crippen LogP contribution in [0.25, 0.3) is 0 Å². The van der Waals surface area contributed by atoms with Gasteiger partial charge < -0.3 is 5.32 Å². The van der Waals surface area contributed by atoms with Gasteiger partial charge in [0.2, 0.25) is 0 Å². The summed E-state index contributed by atoms with van der Waals surface area (Å²) in [6.45, 7) is 4.64. The van der Waals surface area contributed by atoms with Gasteiger partial charge in [-0.25, -0.2) is 12.8 Å². The maximum Gasteiger partial charge on any atom is 0.251 e. The van der Waals surface area contributed by atoms with Gasteiger partial charge in [0.15, 0.2) is 9.84 Å². The number of hydrogen-bond acceptors (Lipinski definition) is 3.